The molecule has 2 heteroatoms. The Labute approximate surface area is 115 Å². The van der Waals surface area contributed by atoms with Gasteiger partial charge in [0.15, 0.2) is 0 Å². The summed E-state index contributed by atoms with van der Waals surface area (Å²) >= 11 is 0. The number of carbonyl (C=O) groups is 1. The van der Waals surface area contributed by atoms with Crippen LogP contribution in [-0.4, -0.2) is 12.1 Å². The first kappa shape index (κ1) is 15.0. The number of hydrogen-bond donors (Lipinski definition) is 0. The number of hydrogen-bond acceptors (Lipinski definition) is 2. The lowest BCUT2D eigenvalue weighted by molar-refractivity contribution is -0.138. The lowest BCUT2D eigenvalue weighted by atomic mass is 10.1. The monoisotopic (exact) mass is 256 g/mol. The topological polar surface area (TPSA) is 26.3 Å². The van der Waals surface area contributed by atoms with Crippen molar-refractivity contribution in [2.45, 2.75) is 26.4 Å². The van der Waals surface area contributed by atoms with Crippen LogP contribution in [-0.2, 0) is 9.53 Å². The van der Waals surface area contributed by atoms with Crippen molar-refractivity contribution in [3.8, 4) is 11.1 Å². The summed E-state index contributed by atoms with van der Waals surface area (Å²) in [6.07, 6.45) is 0. The molecule has 0 aliphatic rings. The summed E-state index contributed by atoms with van der Waals surface area (Å²) in [5.74, 6) is 0. The van der Waals surface area contributed by atoms with Crippen LogP contribution in [0.4, 0.5) is 0 Å². The lowest BCUT2D eigenvalue weighted by Crippen LogP contribution is -2.17. The van der Waals surface area contributed by atoms with Crippen molar-refractivity contribution >= 4 is 6.47 Å². The highest BCUT2D eigenvalue weighted by molar-refractivity contribution is 5.62. The smallest absolute Gasteiger partial charge is 0.293 e. The van der Waals surface area contributed by atoms with E-state index in [2.05, 4.69) is 53.3 Å². The molecule has 0 fully saturated rings. The summed E-state index contributed by atoms with van der Waals surface area (Å²) in [5.41, 5.74) is 2.23. The third-order valence-corrected chi connectivity index (χ3v) is 2.28. The van der Waals surface area contributed by atoms with E-state index in [0.717, 1.165) is 0 Å². The lowest BCUT2D eigenvalue weighted by Gasteiger charge is -2.14. The van der Waals surface area contributed by atoms with E-state index in [4.69, 9.17) is 0 Å². The zero-order chi connectivity index (χ0) is 14.1. The molecular formula is C17H20O2. The van der Waals surface area contributed by atoms with Gasteiger partial charge in [0.05, 0.1) is 0 Å². The molecule has 2 aromatic carbocycles. The Balaban J connectivity index is 0.000000224. The van der Waals surface area contributed by atoms with E-state index in [1.807, 2.05) is 32.9 Å². The summed E-state index contributed by atoms with van der Waals surface area (Å²) in [5, 5.41) is 0. The van der Waals surface area contributed by atoms with Crippen molar-refractivity contribution < 1.29 is 9.53 Å². The van der Waals surface area contributed by atoms with Gasteiger partial charge in [-0.3, -0.25) is 4.79 Å². The molecule has 0 heterocycles. The van der Waals surface area contributed by atoms with E-state index in [1.165, 1.54) is 11.1 Å². The zero-order valence-corrected chi connectivity index (χ0v) is 11.7. The molecule has 2 aromatic rings. The quantitative estimate of drug-likeness (QED) is 0.748. The van der Waals surface area contributed by atoms with Crippen LogP contribution < -0.4 is 0 Å². The van der Waals surface area contributed by atoms with Gasteiger partial charge in [-0.1, -0.05) is 60.7 Å². The van der Waals surface area contributed by atoms with Gasteiger partial charge < -0.3 is 4.74 Å². The fourth-order valence-corrected chi connectivity index (χ4v) is 1.41. The highest BCUT2D eigenvalue weighted by Gasteiger charge is 2.07. The molecule has 0 aliphatic carbocycles. The highest BCUT2D eigenvalue weighted by Crippen LogP contribution is 2.17. The van der Waals surface area contributed by atoms with Crippen LogP contribution >= 0.6 is 0 Å². The third kappa shape index (κ3) is 6.41. The number of carbonyl (C=O) groups excluding carboxylic acids is 1. The van der Waals surface area contributed by atoms with E-state index in [0.29, 0.717) is 6.47 Å². The molecule has 0 aromatic heterocycles. The zero-order valence-electron chi connectivity index (χ0n) is 11.7. The van der Waals surface area contributed by atoms with Crippen molar-refractivity contribution in [3.63, 3.8) is 0 Å². The van der Waals surface area contributed by atoms with Gasteiger partial charge in [-0.2, -0.15) is 0 Å². The molecule has 100 valence electrons. The van der Waals surface area contributed by atoms with Crippen molar-refractivity contribution in [1.82, 2.24) is 0 Å². The number of benzene rings is 2. The van der Waals surface area contributed by atoms with Crippen LogP contribution in [0.5, 0.6) is 0 Å². The molecule has 19 heavy (non-hydrogen) atoms. The summed E-state index contributed by atoms with van der Waals surface area (Å²) in [7, 11) is 0. The average molecular weight is 256 g/mol. The van der Waals surface area contributed by atoms with Gasteiger partial charge in [0, 0.05) is 0 Å². The highest BCUT2D eigenvalue weighted by atomic mass is 16.5. The first-order chi connectivity index (χ1) is 9.03. The number of rotatable bonds is 2. The van der Waals surface area contributed by atoms with Gasteiger partial charge in [0.25, 0.3) is 6.47 Å². The molecule has 0 aliphatic heterocycles. The summed E-state index contributed by atoms with van der Waals surface area (Å²) in [4.78, 5) is 9.60. The summed E-state index contributed by atoms with van der Waals surface area (Å²) < 4.78 is 4.55. The predicted octanol–water partition coefficient (Wildman–Crippen LogP) is 4.31. The average Bonchev–Trinajstić information content (AvgIpc) is 2.40. The molecule has 0 atom stereocenters. The van der Waals surface area contributed by atoms with Gasteiger partial charge >= 0.3 is 0 Å². The van der Waals surface area contributed by atoms with Crippen molar-refractivity contribution in [1.29, 1.82) is 0 Å². The SMILES string of the molecule is CC(C)(C)OC=O.c1ccc(-c2ccccc2)cc1. The van der Waals surface area contributed by atoms with Gasteiger partial charge in [-0.05, 0) is 31.9 Å². The van der Waals surface area contributed by atoms with Crippen LogP contribution in [0.15, 0.2) is 60.7 Å². The summed E-state index contributed by atoms with van der Waals surface area (Å²) in [6, 6.07) is 20.8. The third-order valence-electron chi connectivity index (χ3n) is 2.28. The second-order valence-corrected chi connectivity index (χ2v) is 5.06. The normalized spacial score (nSPS) is 10.1. The van der Waals surface area contributed by atoms with Crippen molar-refractivity contribution in [2.75, 3.05) is 0 Å². The Hall–Kier alpha value is -2.09. The Morgan fingerprint density at radius 2 is 1.16 bits per heavy atom. The second-order valence-electron chi connectivity index (χ2n) is 5.06. The fraction of sp³-hybridized carbons (Fsp3) is 0.235. The maximum Gasteiger partial charge on any atom is 0.293 e. The molecule has 0 amide bonds. The molecular weight excluding hydrogens is 236 g/mol. The van der Waals surface area contributed by atoms with Crippen LogP contribution in [0.2, 0.25) is 0 Å². The minimum atomic E-state index is -0.318. The van der Waals surface area contributed by atoms with Crippen LogP contribution in [0.1, 0.15) is 20.8 Å². The van der Waals surface area contributed by atoms with E-state index >= 15 is 0 Å². The Morgan fingerprint density at radius 3 is 1.37 bits per heavy atom. The molecule has 0 bridgehead atoms. The first-order valence-corrected chi connectivity index (χ1v) is 6.25. The Bertz CT molecular complexity index is 432. The van der Waals surface area contributed by atoms with E-state index < -0.39 is 0 Å². The Morgan fingerprint density at radius 1 is 0.789 bits per heavy atom. The molecule has 0 unspecified atom stereocenters. The molecule has 2 nitrogen and oxygen atoms in total. The van der Waals surface area contributed by atoms with E-state index in [-0.39, 0.29) is 5.60 Å². The van der Waals surface area contributed by atoms with Gasteiger partial charge in [-0.15, -0.1) is 0 Å². The van der Waals surface area contributed by atoms with E-state index in [1.54, 1.807) is 0 Å². The fourth-order valence-electron chi connectivity index (χ4n) is 1.41. The Kier molecular flexibility index (Phi) is 5.80. The standard InChI is InChI=1S/C12H10.C5H10O2/c1-3-7-11(8-4-1)12-9-5-2-6-10-12;1-5(2,3)7-4-6/h1-10H;4H,1-3H3. The van der Waals surface area contributed by atoms with Crippen LogP contribution in [0.3, 0.4) is 0 Å². The molecule has 2 rings (SSSR count). The molecule has 0 saturated heterocycles. The molecule has 0 spiro atoms. The van der Waals surface area contributed by atoms with Crippen molar-refractivity contribution in [3.05, 3.63) is 60.7 Å². The predicted molar refractivity (Wildman–Crippen MR) is 78.8 cm³/mol. The maximum absolute atomic E-state index is 9.60. The molecule has 0 saturated carbocycles. The summed E-state index contributed by atoms with van der Waals surface area (Å²) in [6.45, 7) is 5.92. The number of ether oxygens (including phenoxy) is 1. The van der Waals surface area contributed by atoms with Gasteiger partial charge in [0.1, 0.15) is 5.60 Å². The minimum absolute atomic E-state index is 0.318. The first-order valence-electron chi connectivity index (χ1n) is 6.25. The van der Waals surface area contributed by atoms with Crippen LogP contribution in [0, 0.1) is 0 Å². The molecule has 0 N–H and O–H groups in total. The molecule has 0 radical (unpaired) electrons. The maximum atomic E-state index is 9.60. The van der Waals surface area contributed by atoms with E-state index in [9.17, 15) is 4.79 Å². The largest absolute Gasteiger partial charge is 0.462 e. The second kappa shape index (κ2) is 7.37. The van der Waals surface area contributed by atoms with Crippen molar-refractivity contribution in [2.24, 2.45) is 0 Å². The minimum Gasteiger partial charge on any atom is -0.462 e. The van der Waals surface area contributed by atoms with Gasteiger partial charge in [0.2, 0.25) is 0 Å². The van der Waals surface area contributed by atoms with Gasteiger partial charge in [-0.25, -0.2) is 0 Å². The van der Waals surface area contributed by atoms with Crippen LogP contribution in [0.25, 0.3) is 11.1 Å².